The van der Waals surface area contributed by atoms with E-state index in [0.29, 0.717) is 0 Å². The lowest BCUT2D eigenvalue weighted by atomic mass is 10.5. The molecule has 0 saturated heterocycles. The summed E-state index contributed by atoms with van der Waals surface area (Å²) in [7, 11) is 0. The Morgan fingerprint density at radius 2 is 2.25 bits per heavy atom. The normalized spacial score (nSPS) is 15.6. The summed E-state index contributed by atoms with van der Waals surface area (Å²) in [6, 6.07) is 0. The van der Waals surface area contributed by atoms with E-state index in [1.54, 1.807) is 6.21 Å². The van der Waals surface area contributed by atoms with Gasteiger partial charge in [0.1, 0.15) is 0 Å². The molecule has 0 aromatic heterocycles. The van der Waals surface area contributed by atoms with Crippen LogP contribution in [-0.2, 0) is 0 Å². The van der Waals surface area contributed by atoms with Gasteiger partial charge in [-0.1, -0.05) is 13.8 Å². The van der Waals surface area contributed by atoms with E-state index in [9.17, 15) is 0 Å². The van der Waals surface area contributed by atoms with E-state index in [2.05, 4.69) is 5.10 Å². The van der Waals surface area contributed by atoms with Crippen molar-refractivity contribution in [2.45, 2.75) is 20.3 Å². The molecule has 1 aliphatic rings. The quantitative estimate of drug-likeness (QED) is 0.469. The second-order valence-corrected chi connectivity index (χ2v) is 1.25. The predicted molar refractivity (Wildman–Crippen MR) is 35.4 cm³/mol. The van der Waals surface area contributed by atoms with E-state index in [1.807, 2.05) is 13.8 Å². The minimum atomic E-state index is 0.875. The molecule has 0 amide bonds. The van der Waals surface area contributed by atoms with Gasteiger partial charge >= 0.3 is 0 Å². The third kappa shape index (κ3) is 2.58. The van der Waals surface area contributed by atoms with Crippen LogP contribution in [0.2, 0.25) is 0 Å². The molecule has 8 heavy (non-hydrogen) atoms. The van der Waals surface area contributed by atoms with Crippen LogP contribution >= 0.6 is 0 Å². The molecular weight excluding hydrogens is 102 g/mol. The van der Waals surface area contributed by atoms with E-state index in [1.165, 1.54) is 5.12 Å². The number of nitrogens with two attached hydrogens (primary N) is 1. The lowest BCUT2D eigenvalue weighted by Crippen LogP contribution is -2.21. The number of hydrazone groups is 1. The molecule has 0 spiro atoms. The van der Waals surface area contributed by atoms with Crippen LogP contribution in [0.4, 0.5) is 0 Å². The van der Waals surface area contributed by atoms with Gasteiger partial charge in [0, 0.05) is 12.6 Å². The molecule has 1 rings (SSSR count). The predicted octanol–water partition coefficient (Wildman–Crippen LogP) is 0.578. The molecular formula is C5H13N3. The first-order chi connectivity index (χ1) is 3.89. The molecule has 0 bridgehead atoms. The van der Waals surface area contributed by atoms with E-state index in [0.717, 1.165) is 13.0 Å². The largest absolute Gasteiger partial charge is 0.233 e. The molecule has 0 aliphatic carbocycles. The van der Waals surface area contributed by atoms with E-state index in [-0.39, 0.29) is 0 Å². The number of hydrogen-bond acceptors (Lipinski definition) is 3. The van der Waals surface area contributed by atoms with Crippen LogP contribution < -0.4 is 5.84 Å². The molecule has 0 fully saturated rings. The molecule has 3 nitrogen and oxygen atoms in total. The Kier molecular flexibility index (Phi) is 4.26. The van der Waals surface area contributed by atoms with E-state index in [4.69, 9.17) is 5.84 Å². The second kappa shape index (κ2) is 4.59. The summed E-state index contributed by atoms with van der Waals surface area (Å²) in [5.41, 5.74) is 0. The Balaban J connectivity index is 0.000000222. The van der Waals surface area contributed by atoms with Gasteiger partial charge in [-0.05, 0) is 0 Å². The standard InChI is InChI=1S/C3H7N3.C2H6/c4-6-3-1-2-5-6;1-2/h2H,1,3-4H2;1-2H3. The fourth-order valence-corrected chi connectivity index (χ4v) is 0.410. The van der Waals surface area contributed by atoms with Crippen molar-refractivity contribution in [2.24, 2.45) is 10.9 Å². The van der Waals surface area contributed by atoms with Gasteiger partial charge in [-0.15, -0.1) is 0 Å². The molecule has 1 heterocycles. The third-order valence-electron chi connectivity index (χ3n) is 0.717. The average Bonchev–Trinajstić information content (AvgIpc) is 2.24. The molecule has 0 saturated carbocycles. The van der Waals surface area contributed by atoms with Gasteiger partial charge in [0.15, 0.2) is 0 Å². The average molecular weight is 115 g/mol. The topological polar surface area (TPSA) is 41.6 Å². The zero-order chi connectivity index (χ0) is 6.41. The number of rotatable bonds is 0. The van der Waals surface area contributed by atoms with Crippen LogP contribution in [0.5, 0.6) is 0 Å². The maximum atomic E-state index is 5.17. The second-order valence-electron chi connectivity index (χ2n) is 1.25. The highest BCUT2D eigenvalue weighted by atomic mass is 15.6. The molecule has 1 aliphatic heterocycles. The van der Waals surface area contributed by atoms with Gasteiger partial charge in [0.05, 0.1) is 6.54 Å². The Labute approximate surface area is 50.1 Å². The fourth-order valence-electron chi connectivity index (χ4n) is 0.410. The molecule has 0 aromatic rings. The van der Waals surface area contributed by atoms with Gasteiger partial charge in [0.2, 0.25) is 0 Å². The minimum Gasteiger partial charge on any atom is -0.233 e. The first-order valence-electron chi connectivity index (χ1n) is 2.94. The first kappa shape index (κ1) is 7.43. The van der Waals surface area contributed by atoms with Gasteiger partial charge < -0.3 is 0 Å². The maximum Gasteiger partial charge on any atom is 0.0580 e. The highest BCUT2D eigenvalue weighted by Gasteiger charge is 1.95. The summed E-state index contributed by atoms with van der Waals surface area (Å²) in [4.78, 5) is 0. The molecule has 0 atom stereocenters. The monoisotopic (exact) mass is 115 g/mol. The van der Waals surface area contributed by atoms with E-state index >= 15 is 0 Å². The van der Waals surface area contributed by atoms with Crippen molar-refractivity contribution in [2.75, 3.05) is 6.54 Å². The van der Waals surface area contributed by atoms with Crippen molar-refractivity contribution in [1.82, 2.24) is 5.12 Å². The smallest absolute Gasteiger partial charge is 0.0580 e. The molecule has 3 heteroatoms. The third-order valence-corrected chi connectivity index (χ3v) is 0.717. The van der Waals surface area contributed by atoms with Crippen LogP contribution in [0, 0.1) is 0 Å². The highest BCUT2D eigenvalue weighted by Crippen LogP contribution is 1.88. The van der Waals surface area contributed by atoms with Crippen molar-refractivity contribution >= 4 is 6.21 Å². The van der Waals surface area contributed by atoms with Gasteiger partial charge in [0.25, 0.3) is 0 Å². The van der Waals surface area contributed by atoms with Crippen LogP contribution in [0.1, 0.15) is 20.3 Å². The van der Waals surface area contributed by atoms with Crippen molar-refractivity contribution in [3.63, 3.8) is 0 Å². The summed E-state index contributed by atoms with van der Waals surface area (Å²) < 4.78 is 0. The fraction of sp³-hybridized carbons (Fsp3) is 0.800. The molecule has 2 N–H and O–H groups in total. The zero-order valence-electron chi connectivity index (χ0n) is 5.46. The summed E-state index contributed by atoms with van der Waals surface area (Å²) in [6.07, 6.45) is 2.80. The zero-order valence-corrected chi connectivity index (χ0v) is 5.46. The first-order valence-corrected chi connectivity index (χ1v) is 2.94. The van der Waals surface area contributed by atoms with Crippen LogP contribution in [0.15, 0.2) is 5.10 Å². The summed E-state index contributed by atoms with van der Waals surface area (Å²) >= 11 is 0. The number of hydrogen-bond donors (Lipinski definition) is 1. The van der Waals surface area contributed by atoms with E-state index < -0.39 is 0 Å². The summed E-state index contributed by atoms with van der Waals surface area (Å²) in [5.74, 6) is 5.17. The Bertz CT molecular complexity index is 70.1. The molecule has 0 aromatic carbocycles. The maximum absolute atomic E-state index is 5.17. The van der Waals surface area contributed by atoms with Crippen molar-refractivity contribution < 1.29 is 0 Å². The summed E-state index contributed by atoms with van der Waals surface area (Å²) in [6.45, 7) is 4.88. The van der Waals surface area contributed by atoms with Gasteiger partial charge in [-0.2, -0.15) is 5.10 Å². The Hall–Kier alpha value is -0.570. The Morgan fingerprint density at radius 1 is 1.62 bits per heavy atom. The van der Waals surface area contributed by atoms with Crippen LogP contribution in [-0.4, -0.2) is 17.9 Å². The Morgan fingerprint density at radius 3 is 2.38 bits per heavy atom. The molecule has 0 unspecified atom stereocenters. The molecule has 0 radical (unpaired) electrons. The molecule has 48 valence electrons. The van der Waals surface area contributed by atoms with Crippen molar-refractivity contribution in [1.29, 1.82) is 0 Å². The van der Waals surface area contributed by atoms with Crippen LogP contribution in [0.3, 0.4) is 0 Å². The summed E-state index contributed by atoms with van der Waals surface area (Å²) in [5, 5.41) is 5.15. The lowest BCUT2D eigenvalue weighted by Gasteiger charge is -1.99. The van der Waals surface area contributed by atoms with Crippen LogP contribution in [0.25, 0.3) is 0 Å². The van der Waals surface area contributed by atoms with Crippen molar-refractivity contribution in [3.05, 3.63) is 0 Å². The number of nitrogens with zero attached hydrogens (tertiary/aromatic N) is 2. The lowest BCUT2D eigenvalue weighted by molar-refractivity contribution is 0.332. The highest BCUT2D eigenvalue weighted by molar-refractivity contribution is 5.58. The minimum absolute atomic E-state index is 0.875. The SMILES string of the molecule is CC.NN1CCC=N1. The van der Waals surface area contributed by atoms with Gasteiger partial charge in [-0.25, -0.2) is 11.0 Å². The van der Waals surface area contributed by atoms with Crippen molar-refractivity contribution in [3.8, 4) is 0 Å². The van der Waals surface area contributed by atoms with Gasteiger partial charge in [-0.3, -0.25) is 0 Å². The number of hydrazine groups is 1.